The number of nitrogens with one attached hydrogen (secondary N) is 1. The molecule has 0 radical (unpaired) electrons. The Morgan fingerprint density at radius 2 is 2.10 bits per heavy atom. The van der Waals surface area contributed by atoms with E-state index in [-0.39, 0.29) is 18.6 Å². The second-order valence-corrected chi connectivity index (χ2v) is 8.09. The zero-order chi connectivity index (χ0) is 20.0. The summed E-state index contributed by atoms with van der Waals surface area (Å²) < 4.78 is 7.81. The molecule has 2 aliphatic rings. The van der Waals surface area contributed by atoms with E-state index < -0.39 is 5.54 Å². The third-order valence-corrected chi connectivity index (χ3v) is 5.98. The molecule has 8 heteroatoms. The maximum absolute atomic E-state index is 12.2. The predicted molar refractivity (Wildman–Crippen MR) is 108 cm³/mol. The van der Waals surface area contributed by atoms with Gasteiger partial charge in [0.1, 0.15) is 19.0 Å². The van der Waals surface area contributed by atoms with Crippen LogP contribution in [0.3, 0.4) is 0 Å². The maximum Gasteiger partial charge on any atom is 0.246 e. The van der Waals surface area contributed by atoms with Crippen LogP contribution in [0.2, 0.25) is 0 Å². The van der Waals surface area contributed by atoms with Gasteiger partial charge in [0.2, 0.25) is 11.6 Å². The van der Waals surface area contributed by atoms with E-state index in [4.69, 9.17) is 4.74 Å². The van der Waals surface area contributed by atoms with E-state index >= 15 is 0 Å². The van der Waals surface area contributed by atoms with E-state index in [0.717, 1.165) is 35.6 Å². The summed E-state index contributed by atoms with van der Waals surface area (Å²) in [4.78, 5) is 14.5. The number of aromatic nitrogens is 4. The lowest BCUT2D eigenvalue weighted by atomic mass is 9.77. The van der Waals surface area contributed by atoms with E-state index in [1.54, 1.807) is 10.8 Å². The second-order valence-electron chi connectivity index (χ2n) is 8.09. The Labute approximate surface area is 168 Å². The number of ether oxygens (including phenoxy) is 1. The van der Waals surface area contributed by atoms with Crippen LogP contribution in [0.15, 0.2) is 42.7 Å². The van der Waals surface area contributed by atoms with Crippen LogP contribution in [-0.4, -0.2) is 51.5 Å². The first-order valence-corrected chi connectivity index (χ1v) is 10.0. The molecule has 5 rings (SSSR count). The molecule has 3 aromatic rings. The van der Waals surface area contributed by atoms with Crippen LogP contribution in [-0.2, 0) is 15.1 Å². The molecule has 1 aromatic carbocycles. The van der Waals surface area contributed by atoms with Gasteiger partial charge in [-0.05, 0) is 24.0 Å². The average Bonchev–Trinajstić information content (AvgIpc) is 3.22. The van der Waals surface area contributed by atoms with Gasteiger partial charge in [0, 0.05) is 13.1 Å². The molecule has 0 spiro atoms. The molecular formula is C21H24N6O2. The Balaban J connectivity index is 1.53. The normalized spacial score (nSPS) is 24.6. The number of rotatable bonds is 3. The Kier molecular flexibility index (Phi) is 4.24. The number of nitrogens with zero attached hydrogens (tertiary/aromatic N) is 5. The van der Waals surface area contributed by atoms with Crippen molar-refractivity contribution in [3.8, 4) is 0 Å². The van der Waals surface area contributed by atoms with Gasteiger partial charge in [-0.1, -0.05) is 44.2 Å². The van der Waals surface area contributed by atoms with Crippen molar-refractivity contribution in [2.75, 3.05) is 24.6 Å². The topological polar surface area (TPSA) is 84.7 Å². The summed E-state index contributed by atoms with van der Waals surface area (Å²) in [5.41, 5.74) is 3.31. The fraction of sp³-hybridized carbons (Fsp3) is 0.429. The quantitative estimate of drug-likeness (QED) is 0.733. The molecule has 0 unspecified atom stereocenters. The highest BCUT2D eigenvalue weighted by molar-refractivity contribution is 5.79. The molecule has 1 amide bonds. The summed E-state index contributed by atoms with van der Waals surface area (Å²) in [5, 5.41) is 16.2. The number of anilines is 1. The van der Waals surface area contributed by atoms with Crippen molar-refractivity contribution in [2.45, 2.75) is 37.8 Å². The van der Waals surface area contributed by atoms with Crippen LogP contribution < -0.4 is 10.2 Å². The minimum absolute atomic E-state index is 0.0654. The Bertz CT molecular complexity index is 1050. The molecule has 2 saturated heterocycles. The highest BCUT2D eigenvalue weighted by Crippen LogP contribution is 2.39. The van der Waals surface area contributed by atoms with Gasteiger partial charge in [0.15, 0.2) is 0 Å². The number of hydrogen-bond donors (Lipinski definition) is 1. The highest BCUT2D eigenvalue weighted by Gasteiger charge is 2.49. The van der Waals surface area contributed by atoms with Gasteiger partial charge >= 0.3 is 0 Å². The fourth-order valence-corrected chi connectivity index (χ4v) is 4.42. The SMILES string of the molecule is CC(C)c1cc(N2CC[C@]3(c4ccccc4)NC(=O)CO[C@H]3C2)c2nncn2n1. The van der Waals surface area contributed by atoms with Crippen molar-refractivity contribution in [1.29, 1.82) is 0 Å². The van der Waals surface area contributed by atoms with Crippen LogP contribution in [0.4, 0.5) is 5.69 Å². The van der Waals surface area contributed by atoms with Gasteiger partial charge < -0.3 is 15.0 Å². The summed E-state index contributed by atoms with van der Waals surface area (Å²) in [6, 6.07) is 12.2. The minimum atomic E-state index is -0.509. The van der Waals surface area contributed by atoms with E-state index in [1.807, 2.05) is 18.2 Å². The molecule has 29 heavy (non-hydrogen) atoms. The van der Waals surface area contributed by atoms with Crippen molar-refractivity contribution < 1.29 is 9.53 Å². The van der Waals surface area contributed by atoms with Gasteiger partial charge in [-0.2, -0.15) is 9.61 Å². The third-order valence-electron chi connectivity index (χ3n) is 5.98. The Morgan fingerprint density at radius 1 is 1.28 bits per heavy atom. The number of carbonyl (C=O) groups is 1. The van der Waals surface area contributed by atoms with Gasteiger partial charge in [-0.15, -0.1) is 10.2 Å². The van der Waals surface area contributed by atoms with E-state index in [9.17, 15) is 4.79 Å². The van der Waals surface area contributed by atoms with Crippen molar-refractivity contribution >= 4 is 17.2 Å². The van der Waals surface area contributed by atoms with Gasteiger partial charge in [0.25, 0.3) is 0 Å². The van der Waals surface area contributed by atoms with E-state index in [0.29, 0.717) is 12.5 Å². The maximum atomic E-state index is 12.2. The van der Waals surface area contributed by atoms with Crippen LogP contribution in [0.25, 0.3) is 5.65 Å². The number of hydrogen-bond acceptors (Lipinski definition) is 6. The van der Waals surface area contributed by atoms with Gasteiger partial charge in [-0.25, -0.2) is 0 Å². The van der Waals surface area contributed by atoms with Gasteiger partial charge in [0.05, 0.1) is 16.9 Å². The smallest absolute Gasteiger partial charge is 0.246 e. The van der Waals surface area contributed by atoms with Gasteiger partial charge in [-0.3, -0.25) is 4.79 Å². The number of fused-ring (bicyclic) bond motifs is 2. The van der Waals surface area contributed by atoms with Crippen molar-refractivity contribution in [2.24, 2.45) is 0 Å². The standard InChI is InChI=1S/C21H24N6O2/c1-14(2)16-10-17(20-24-22-13-27(20)25-16)26-9-8-21(15-6-4-3-5-7-15)18(11-26)29-12-19(28)23-21/h3-7,10,13-14,18H,8-9,11-12H2,1-2H3,(H,23,28)/t18-,21+/m0/s1. The highest BCUT2D eigenvalue weighted by atomic mass is 16.5. The second kappa shape index (κ2) is 6.81. The van der Waals surface area contributed by atoms with Crippen LogP contribution in [0.1, 0.15) is 37.4 Å². The summed E-state index contributed by atoms with van der Waals surface area (Å²) in [6.45, 7) is 5.75. The number of piperidine rings is 1. The lowest BCUT2D eigenvalue weighted by Gasteiger charge is -2.51. The third kappa shape index (κ3) is 2.95. The molecule has 1 N–H and O–H groups in total. The lowest BCUT2D eigenvalue weighted by molar-refractivity contribution is -0.146. The summed E-state index contributed by atoms with van der Waals surface area (Å²) in [5.74, 6) is 0.225. The van der Waals surface area contributed by atoms with Crippen LogP contribution >= 0.6 is 0 Å². The number of benzene rings is 1. The molecular weight excluding hydrogens is 368 g/mol. The molecule has 2 aliphatic heterocycles. The van der Waals surface area contributed by atoms with E-state index in [2.05, 4.69) is 57.6 Å². The molecule has 4 heterocycles. The number of carbonyl (C=O) groups excluding carboxylic acids is 1. The summed E-state index contributed by atoms with van der Waals surface area (Å²) in [7, 11) is 0. The lowest BCUT2D eigenvalue weighted by Crippen LogP contribution is -2.66. The molecule has 0 aliphatic carbocycles. The first-order chi connectivity index (χ1) is 14.1. The average molecular weight is 392 g/mol. The first-order valence-electron chi connectivity index (χ1n) is 10.0. The minimum Gasteiger partial charge on any atom is -0.366 e. The largest absolute Gasteiger partial charge is 0.366 e. The predicted octanol–water partition coefficient (Wildman–Crippen LogP) is 1.87. The molecule has 0 saturated carbocycles. The van der Waals surface area contributed by atoms with Crippen molar-refractivity contribution in [1.82, 2.24) is 25.1 Å². The summed E-state index contributed by atoms with van der Waals surface area (Å²) >= 11 is 0. The first kappa shape index (κ1) is 18.1. The fourth-order valence-electron chi connectivity index (χ4n) is 4.42. The number of amides is 1. The summed E-state index contributed by atoms with van der Waals surface area (Å²) in [6.07, 6.45) is 2.22. The molecule has 2 aromatic heterocycles. The zero-order valence-electron chi connectivity index (χ0n) is 16.6. The Morgan fingerprint density at radius 3 is 2.90 bits per heavy atom. The monoisotopic (exact) mass is 392 g/mol. The van der Waals surface area contributed by atoms with Crippen molar-refractivity contribution in [3.63, 3.8) is 0 Å². The molecule has 150 valence electrons. The molecule has 2 atom stereocenters. The molecule has 0 bridgehead atoms. The molecule has 2 fully saturated rings. The number of morpholine rings is 1. The molecule has 8 nitrogen and oxygen atoms in total. The van der Waals surface area contributed by atoms with Crippen molar-refractivity contribution in [3.05, 3.63) is 54.0 Å². The zero-order valence-corrected chi connectivity index (χ0v) is 16.6. The Hall–Kier alpha value is -3.00. The van der Waals surface area contributed by atoms with E-state index in [1.165, 1.54) is 0 Å². The van der Waals surface area contributed by atoms with Crippen LogP contribution in [0, 0.1) is 0 Å². The van der Waals surface area contributed by atoms with Crippen LogP contribution in [0.5, 0.6) is 0 Å².